The minimum Gasteiger partial charge on any atom is -0.356 e. The maximum Gasteiger partial charge on any atom is 0.270 e. The van der Waals surface area contributed by atoms with E-state index in [1.165, 1.54) is 0 Å². The monoisotopic (exact) mass is 259 g/mol. The van der Waals surface area contributed by atoms with E-state index in [1.807, 2.05) is 0 Å². The van der Waals surface area contributed by atoms with E-state index in [0.29, 0.717) is 18.8 Å². The quantitative estimate of drug-likeness (QED) is 0.854. The number of nitrogens with one attached hydrogen (secondary N) is 1. The lowest BCUT2D eigenvalue weighted by molar-refractivity contribution is 0.0789. The molecule has 4 nitrogen and oxygen atoms in total. The number of carbonyl (C=O) groups is 1. The van der Waals surface area contributed by atoms with Crippen molar-refractivity contribution in [2.24, 2.45) is 5.73 Å². The molecule has 78 valence electrons. The fourth-order valence-electron chi connectivity index (χ4n) is 1.13. The van der Waals surface area contributed by atoms with Crippen LogP contribution in [0.25, 0.3) is 0 Å². The summed E-state index contributed by atoms with van der Waals surface area (Å²) in [4.78, 5) is 16.2. The Morgan fingerprint density at radius 1 is 1.71 bits per heavy atom. The van der Waals surface area contributed by atoms with E-state index in [0.717, 1.165) is 10.9 Å². The highest BCUT2D eigenvalue weighted by atomic mass is 79.9. The van der Waals surface area contributed by atoms with Crippen LogP contribution in [0.15, 0.2) is 16.7 Å². The first-order chi connectivity index (χ1) is 6.65. The van der Waals surface area contributed by atoms with Gasteiger partial charge in [-0.2, -0.15) is 0 Å². The summed E-state index contributed by atoms with van der Waals surface area (Å²) in [5.74, 6) is -0.0100. The number of H-pyrrole nitrogens is 1. The van der Waals surface area contributed by atoms with Crippen LogP contribution in [-0.2, 0) is 0 Å². The van der Waals surface area contributed by atoms with Crippen molar-refractivity contribution < 1.29 is 4.79 Å². The third-order valence-electron chi connectivity index (χ3n) is 1.92. The second kappa shape index (κ2) is 5.17. The summed E-state index contributed by atoms with van der Waals surface area (Å²) in [6.07, 6.45) is 2.56. The van der Waals surface area contributed by atoms with Gasteiger partial charge in [0.15, 0.2) is 0 Å². The van der Waals surface area contributed by atoms with Crippen LogP contribution in [-0.4, -0.2) is 35.9 Å². The summed E-state index contributed by atoms with van der Waals surface area (Å²) in [6, 6.07) is 1.77. The van der Waals surface area contributed by atoms with Crippen molar-refractivity contribution >= 4 is 21.8 Å². The van der Waals surface area contributed by atoms with Gasteiger partial charge in [0.1, 0.15) is 5.69 Å². The van der Waals surface area contributed by atoms with Crippen LogP contribution in [0.2, 0.25) is 0 Å². The highest BCUT2D eigenvalue weighted by Crippen LogP contribution is 2.11. The highest BCUT2D eigenvalue weighted by Gasteiger charge is 2.12. The molecule has 0 aliphatic heterocycles. The van der Waals surface area contributed by atoms with Gasteiger partial charge in [-0.25, -0.2) is 0 Å². The van der Waals surface area contributed by atoms with Crippen molar-refractivity contribution in [3.8, 4) is 0 Å². The van der Waals surface area contributed by atoms with E-state index in [2.05, 4.69) is 20.9 Å². The molecule has 0 aromatic carbocycles. The molecule has 0 aliphatic rings. The van der Waals surface area contributed by atoms with E-state index >= 15 is 0 Å². The molecule has 5 heteroatoms. The Labute approximate surface area is 91.6 Å². The van der Waals surface area contributed by atoms with E-state index < -0.39 is 0 Å². The van der Waals surface area contributed by atoms with Crippen LogP contribution in [0.5, 0.6) is 0 Å². The summed E-state index contributed by atoms with van der Waals surface area (Å²) < 4.78 is 0.882. The number of aromatic nitrogens is 1. The highest BCUT2D eigenvalue weighted by molar-refractivity contribution is 9.10. The first kappa shape index (κ1) is 11.3. The third kappa shape index (κ3) is 2.85. The zero-order valence-corrected chi connectivity index (χ0v) is 9.67. The molecule has 1 aromatic rings. The second-order valence-corrected chi connectivity index (χ2v) is 4.02. The van der Waals surface area contributed by atoms with Crippen LogP contribution in [0.4, 0.5) is 0 Å². The lowest BCUT2D eigenvalue weighted by Gasteiger charge is -2.15. The number of hydrogen-bond donors (Lipinski definition) is 2. The Morgan fingerprint density at radius 2 is 2.43 bits per heavy atom. The van der Waals surface area contributed by atoms with E-state index in [1.54, 1.807) is 24.2 Å². The van der Waals surface area contributed by atoms with Crippen LogP contribution in [0, 0.1) is 0 Å². The van der Waals surface area contributed by atoms with Gasteiger partial charge in [0.05, 0.1) is 0 Å². The van der Waals surface area contributed by atoms with Crippen LogP contribution >= 0.6 is 15.9 Å². The molecule has 0 aliphatic carbocycles. The molecule has 0 fully saturated rings. The molecule has 1 aromatic heterocycles. The van der Waals surface area contributed by atoms with E-state index in [9.17, 15) is 4.79 Å². The molecular formula is C9H14BrN3O. The topological polar surface area (TPSA) is 62.1 Å². The lowest BCUT2D eigenvalue weighted by atomic mass is 10.3. The normalized spacial score (nSPS) is 10.2. The molecule has 1 rings (SSSR count). The molecule has 0 unspecified atom stereocenters. The van der Waals surface area contributed by atoms with Gasteiger partial charge < -0.3 is 15.6 Å². The Hall–Kier alpha value is -0.810. The summed E-state index contributed by atoms with van der Waals surface area (Å²) >= 11 is 3.28. The second-order valence-electron chi connectivity index (χ2n) is 3.10. The van der Waals surface area contributed by atoms with Crippen molar-refractivity contribution in [2.75, 3.05) is 20.1 Å². The minimum atomic E-state index is -0.0100. The largest absolute Gasteiger partial charge is 0.356 e. The Balaban J connectivity index is 2.56. The molecule has 14 heavy (non-hydrogen) atoms. The number of aromatic amines is 1. The smallest absolute Gasteiger partial charge is 0.270 e. The molecule has 3 N–H and O–H groups in total. The van der Waals surface area contributed by atoms with Crippen LogP contribution in [0.3, 0.4) is 0 Å². The predicted octanol–water partition coefficient (Wildman–Crippen LogP) is 1.20. The van der Waals surface area contributed by atoms with Gasteiger partial charge in [0, 0.05) is 24.3 Å². The number of amides is 1. The zero-order chi connectivity index (χ0) is 10.6. The maximum absolute atomic E-state index is 11.7. The lowest BCUT2D eigenvalue weighted by Crippen LogP contribution is -2.29. The maximum atomic E-state index is 11.7. The van der Waals surface area contributed by atoms with Crippen molar-refractivity contribution in [1.82, 2.24) is 9.88 Å². The number of hydrogen-bond acceptors (Lipinski definition) is 2. The molecule has 0 radical (unpaired) electrons. The van der Waals surface area contributed by atoms with Crippen molar-refractivity contribution in [2.45, 2.75) is 6.42 Å². The molecule has 1 heterocycles. The van der Waals surface area contributed by atoms with Gasteiger partial charge in [-0.05, 0) is 35.0 Å². The third-order valence-corrected chi connectivity index (χ3v) is 2.38. The summed E-state index contributed by atoms with van der Waals surface area (Å²) in [6.45, 7) is 1.29. The van der Waals surface area contributed by atoms with Gasteiger partial charge in [-0.3, -0.25) is 4.79 Å². The molecule has 1 amide bonds. The number of nitrogens with zero attached hydrogens (tertiary/aromatic N) is 1. The van der Waals surface area contributed by atoms with E-state index in [-0.39, 0.29) is 5.91 Å². The molecule has 0 saturated carbocycles. The summed E-state index contributed by atoms with van der Waals surface area (Å²) in [7, 11) is 1.77. The van der Waals surface area contributed by atoms with Gasteiger partial charge in [-0.15, -0.1) is 0 Å². The Kier molecular flexibility index (Phi) is 4.16. The molecule has 0 saturated heterocycles. The predicted molar refractivity (Wildman–Crippen MR) is 59.1 cm³/mol. The Morgan fingerprint density at radius 3 is 2.93 bits per heavy atom. The standard InChI is InChI=1S/C9H14BrN3O/c1-13(4-2-3-11)9(14)8-5-7(10)6-12-8/h5-6,12H,2-4,11H2,1H3. The van der Waals surface area contributed by atoms with Crippen molar-refractivity contribution in [3.05, 3.63) is 22.4 Å². The first-order valence-corrected chi connectivity index (χ1v) is 5.24. The van der Waals surface area contributed by atoms with Gasteiger partial charge in [0.2, 0.25) is 0 Å². The minimum absolute atomic E-state index is 0.0100. The number of nitrogens with two attached hydrogens (primary N) is 1. The zero-order valence-electron chi connectivity index (χ0n) is 8.09. The molecular weight excluding hydrogens is 246 g/mol. The molecule has 0 bridgehead atoms. The van der Waals surface area contributed by atoms with E-state index in [4.69, 9.17) is 5.73 Å². The average Bonchev–Trinajstić information content (AvgIpc) is 2.60. The molecule has 0 spiro atoms. The molecule has 0 atom stereocenters. The van der Waals surface area contributed by atoms with Gasteiger partial charge in [0.25, 0.3) is 5.91 Å². The van der Waals surface area contributed by atoms with Gasteiger partial charge >= 0.3 is 0 Å². The van der Waals surface area contributed by atoms with Crippen molar-refractivity contribution in [1.29, 1.82) is 0 Å². The van der Waals surface area contributed by atoms with Crippen LogP contribution < -0.4 is 5.73 Å². The summed E-state index contributed by atoms with van der Waals surface area (Å²) in [5.41, 5.74) is 5.96. The number of carbonyl (C=O) groups excluding carboxylic acids is 1. The average molecular weight is 260 g/mol. The fourth-order valence-corrected chi connectivity index (χ4v) is 1.47. The number of halogens is 1. The Bertz CT molecular complexity index is 311. The number of rotatable bonds is 4. The van der Waals surface area contributed by atoms with Crippen molar-refractivity contribution in [3.63, 3.8) is 0 Å². The first-order valence-electron chi connectivity index (χ1n) is 4.44. The van der Waals surface area contributed by atoms with Gasteiger partial charge in [-0.1, -0.05) is 0 Å². The SMILES string of the molecule is CN(CCCN)C(=O)c1cc(Br)c[nH]1. The van der Waals surface area contributed by atoms with Crippen LogP contribution in [0.1, 0.15) is 16.9 Å². The fraction of sp³-hybridized carbons (Fsp3) is 0.444. The summed E-state index contributed by atoms with van der Waals surface area (Å²) in [5, 5.41) is 0.